The molecule has 0 spiro atoms. The van der Waals surface area contributed by atoms with Crippen molar-refractivity contribution in [2.75, 3.05) is 29.9 Å². The smallest absolute Gasteiger partial charge is 0.271 e. The first-order valence-corrected chi connectivity index (χ1v) is 13.9. The quantitative estimate of drug-likeness (QED) is 0.294. The molecule has 4 heterocycles. The summed E-state index contributed by atoms with van der Waals surface area (Å²) in [6, 6.07) is 16.7. The zero-order chi connectivity index (χ0) is 25.4. The van der Waals surface area contributed by atoms with Gasteiger partial charge in [-0.2, -0.15) is 0 Å². The number of aromatic amines is 1. The van der Waals surface area contributed by atoms with Crippen molar-refractivity contribution in [2.45, 2.75) is 45.6 Å². The maximum Gasteiger partial charge on any atom is 0.271 e. The summed E-state index contributed by atoms with van der Waals surface area (Å²) in [4.78, 5) is 31.1. The molecular weight excluding hydrogens is 502 g/mol. The van der Waals surface area contributed by atoms with Crippen LogP contribution in [0.15, 0.2) is 91.5 Å². The van der Waals surface area contributed by atoms with Crippen molar-refractivity contribution < 1.29 is 4.74 Å². The van der Waals surface area contributed by atoms with Gasteiger partial charge in [0.05, 0.1) is 12.6 Å². The van der Waals surface area contributed by atoms with Crippen LogP contribution >= 0.6 is 23.5 Å². The van der Waals surface area contributed by atoms with Gasteiger partial charge in [0, 0.05) is 56.9 Å². The van der Waals surface area contributed by atoms with Gasteiger partial charge in [-0.25, -0.2) is 9.97 Å². The monoisotopic (exact) mass is 529 g/mol. The molecule has 2 aromatic carbocycles. The first-order chi connectivity index (χ1) is 18.0. The van der Waals surface area contributed by atoms with Gasteiger partial charge in [-0.15, -0.1) is 0 Å². The molecular formula is C28H27N5O2S2. The second-order valence-corrected chi connectivity index (χ2v) is 11.4. The number of benzene rings is 2. The molecule has 37 heavy (non-hydrogen) atoms. The second kappa shape index (κ2) is 10.2. The number of nitrogens with zero attached hydrogens (tertiary/aromatic N) is 3. The molecule has 188 valence electrons. The standard InChI is InChI=1S/C28H27N5O2S2/c1-17-14-30-27(31-15-17)18(2)32-19-8-9-23-25(13-19)36-24-7-3-5-20(26(24)37-23)22-16-33(11-12-35-22)21-6-4-10-29-28(21)34/h3-10,13-15,18,22,32H,11-12,16H2,1-2H3,(H,29,34). The molecule has 1 fully saturated rings. The van der Waals surface area contributed by atoms with Crippen LogP contribution in [0.25, 0.3) is 0 Å². The minimum atomic E-state index is -0.103. The maximum absolute atomic E-state index is 12.4. The number of morpholine rings is 1. The zero-order valence-corrected chi connectivity index (χ0v) is 22.2. The number of H-pyrrole nitrogens is 1. The summed E-state index contributed by atoms with van der Waals surface area (Å²) >= 11 is 3.57. The molecule has 1 saturated heterocycles. The summed E-state index contributed by atoms with van der Waals surface area (Å²) < 4.78 is 6.22. The van der Waals surface area contributed by atoms with E-state index in [-0.39, 0.29) is 17.7 Å². The summed E-state index contributed by atoms with van der Waals surface area (Å²) in [6.07, 6.45) is 5.26. The van der Waals surface area contributed by atoms with Crippen LogP contribution < -0.4 is 15.8 Å². The van der Waals surface area contributed by atoms with E-state index in [0.29, 0.717) is 25.4 Å². The first-order valence-electron chi connectivity index (χ1n) is 12.3. The van der Waals surface area contributed by atoms with Gasteiger partial charge in [-0.05, 0) is 61.4 Å². The SMILES string of the molecule is Cc1cnc(C(C)Nc2ccc3c(c2)Sc2cccc(C4CN(c5ccc[nH]c5=O)CCO4)c2S3)nc1. The molecule has 7 nitrogen and oxygen atoms in total. The van der Waals surface area contributed by atoms with Crippen LogP contribution in [0, 0.1) is 6.92 Å². The van der Waals surface area contributed by atoms with Gasteiger partial charge in [0.25, 0.3) is 5.56 Å². The lowest BCUT2D eigenvalue weighted by Crippen LogP contribution is -2.41. The van der Waals surface area contributed by atoms with Crippen LogP contribution in [0.3, 0.4) is 0 Å². The highest BCUT2D eigenvalue weighted by molar-refractivity contribution is 8.05. The van der Waals surface area contributed by atoms with Crippen molar-refractivity contribution >= 4 is 34.9 Å². The van der Waals surface area contributed by atoms with Crippen LogP contribution in [-0.2, 0) is 4.74 Å². The van der Waals surface area contributed by atoms with Crippen LogP contribution in [0.5, 0.6) is 0 Å². The van der Waals surface area contributed by atoms with E-state index in [1.54, 1.807) is 29.7 Å². The molecule has 0 aliphatic carbocycles. The van der Waals surface area contributed by atoms with Gasteiger partial charge in [-0.3, -0.25) is 4.79 Å². The molecule has 2 atom stereocenters. The number of fused-ring (bicyclic) bond motifs is 2. The van der Waals surface area contributed by atoms with Gasteiger partial charge in [-0.1, -0.05) is 35.7 Å². The molecule has 0 saturated carbocycles. The number of hydrogen-bond acceptors (Lipinski definition) is 8. The zero-order valence-electron chi connectivity index (χ0n) is 20.6. The number of hydrogen-bond donors (Lipinski definition) is 2. The number of rotatable bonds is 5. The lowest BCUT2D eigenvalue weighted by molar-refractivity contribution is 0.0378. The Balaban J connectivity index is 1.22. The van der Waals surface area contributed by atoms with Crippen molar-refractivity contribution in [3.8, 4) is 0 Å². The Morgan fingerprint density at radius 3 is 2.78 bits per heavy atom. The van der Waals surface area contributed by atoms with Crippen molar-refractivity contribution in [3.63, 3.8) is 0 Å². The molecule has 2 aliphatic rings. The lowest BCUT2D eigenvalue weighted by atomic mass is 10.1. The van der Waals surface area contributed by atoms with Gasteiger partial charge < -0.3 is 19.9 Å². The molecule has 0 amide bonds. The van der Waals surface area contributed by atoms with Gasteiger partial charge in [0.2, 0.25) is 0 Å². The molecule has 6 rings (SSSR count). The number of nitrogens with one attached hydrogen (secondary N) is 2. The average Bonchev–Trinajstić information content (AvgIpc) is 2.92. The first kappa shape index (κ1) is 24.1. The molecule has 0 bridgehead atoms. The van der Waals surface area contributed by atoms with E-state index in [2.05, 4.69) is 68.5 Å². The summed E-state index contributed by atoms with van der Waals surface area (Å²) in [5.41, 5.74) is 3.90. The minimum absolute atomic E-state index is 0.00188. The predicted molar refractivity (Wildman–Crippen MR) is 148 cm³/mol. The fourth-order valence-electron chi connectivity index (χ4n) is 4.62. The van der Waals surface area contributed by atoms with Crippen molar-refractivity contribution in [3.05, 3.63) is 94.4 Å². The Morgan fingerprint density at radius 1 is 1.08 bits per heavy atom. The van der Waals surface area contributed by atoms with Gasteiger partial charge >= 0.3 is 0 Å². The van der Waals surface area contributed by atoms with E-state index < -0.39 is 0 Å². The summed E-state index contributed by atoms with van der Waals surface area (Å²) in [7, 11) is 0. The van der Waals surface area contributed by atoms with E-state index in [1.807, 2.05) is 31.5 Å². The highest BCUT2D eigenvalue weighted by Crippen LogP contribution is 2.51. The lowest BCUT2D eigenvalue weighted by Gasteiger charge is -2.35. The Labute approximate surface area is 224 Å². The minimum Gasteiger partial charge on any atom is -0.375 e. The Bertz CT molecular complexity index is 1490. The molecule has 2 N–H and O–H groups in total. The third-order valence-corrected chi connectivity index (χ3v) is 9.12. The van der Waals surface area contributed by atoms with Gasteiger partial charge in [0.1, 0.15) is 17.6 Å². The molecule has 2 aromatic heterocycles. The highest BCUT2D eigenvalue weighted by Gasteiger charge is 2.29. The second-order valence-electron chi connectivity index (χ2n) is 9.21. The Hall–Kier alpha value is -3.27. The molecule has 2 aliphatic heterocycles. The number of aryl methyl sites for hydroxylation is 1. The topological polar surface area (TPSA) is 83.1 Å². The van der Waals surface area contributed by atoms with E-state index in [9.17, 15) is 4.79 Å². The van der Waals surface area contributed by atoms with Gasteiger partial charge in [0.15, 0.2) is 0 Å². The number of aromatic nitrogens is 3. The van der Waals surface area contributed by atoms with E-state index in [1.165, 1.54) is 25.1 Å². The van der Waals surface area contributed by atoms with Crippen molar-refractivity contribution in [1.82, 2.24) is 15.0 Å². The van der Waals surface area contributed by atoms with E-state index in [4.69, 9.17) is 4.74 Å². The number of pyridine rings is 1. The summed E-state index contributed by atoms with van der Waals surface area (Å²) in [6.45, 7) is 5.98. The Kier molecular flexibility index (Phi) is 6.67. The maximum atomic E-state index is 12.4. The summed E-state index contributed by atoms with van der Waals surface area (Å²) in [5, 5.41) is 3.54. The van der Waals surface area contributed by atoms with E-state index in [0.717, 1.165) is 17.1 Å². The fraction of sp³-hybridized carbons (Fsp3) is 0.250. The third kappa shape index (κ3) is 4.99. The van der Waals surface area contributed by atoms with Crippen LogP contribution in [0.1, 0.15) is 36.0 Å². The third-order valence-electron chi connectivity index (χ3n) is 6.51. The molecule has 2 unspecified atom stereocenters. The normalized spacial score (nSPS) is 17.6. The van der Waals surface area contributed by atoms with Crippen LogP contribution in [0.4, 0.5) is 11.4 Å². The van der Waals surface area contributed by atoms with Crippen molar-refractivity contribution in [2.24, 2.45) is 0 Å². The molecule has 4 aromatic rings. The number of anilines is 2. The molecule has 0 radical (unpaired) electrons. The predicted octanol–water partition coefficient (Wildman–Crippen LogP) is 5.84. The van der Waals surface area contributed by atoms with Crippen molar-refractivity contribution in [1.29, 1.82) is 0 Å². The van der Waals surface area contributed by atoms with E-state index >= 15 is 0 Å². The summed E-state index contributed by atoms with van der Waals surface area (Å²) in [5.74, 6) is 0.777. The Morgan fingerprint density at radius 2 is 1.95 bits per heavy atom. The number of ether oxygens (including phenoxy) is 1. The molecule has 9 heteroatoms. The largest absolute Gasteiger partial charge is 0.375 e. The average molecular weight is 530 g/mol. The van der Waals surface area contributed by atoms with Crippen LogP contribution in [0.2, 0.25) is 0 Å². The fourth-order valence-corrected chi connectivity index (χ4v) is 7.08. The van der Waals surface area contributed by atoms with Crippen LogP contribution in [-0.4, -0.2) is 34.6 Å². The highest BCUT2D eigenvalue weighted by atomic mass is 32.2.